The SMILES string of the molecule is CNC(=O)CCCNCC(COc1ccccc1)OC(=O)C(=O)O. The molecule has 8 nitrogen and oxygen atoms in total. The Hall–Kier alpha value is -2.61. The van der Waals surface area contributed by atoms with Crippen LogP contribution in [0.2, 0.25) is 0 Å². The van der Waals surface area contributed by atoms with E-state index in [0.717, 1.165) is 0 Å². The molecule has 1 amide bonds. The van der Waals surface area contributed by atoms with E-state index in [9.17, 15) is 14.4 Å². The molecule has 1 aromatic rings. The smallest absolute Gasteiger partial charge is 0.417 e. The van der Waals surface area contributed by atoms with E-state index >= 15 is 0 Å². The predicted molar refractivity (Wildman–Crippen MR) is 85.6 cm³/mol. The molecule has 132 valence electrons. The molecule has 1 atom stereocenters. The number of hydrogen-bond donors (Lipinski definition) is 3. The Kier molecular flexibility index (Phi) is 8.91. The van der Waals surface area contributed by atoms with E-state index in [1.165, 1.54) is 0 Å². The second kappa shape index (κ2) is 11.0. The zero-order chi connectivity index (χ0) is 17.8. The van der Waals surface area contributed by atoms with Crippen LogP contribution in [0.3, 0.4) is 0 Å². The summed E-state index contributed by atoms with van der Waals surface area (Å²) in [6.07, 6.45) is 0.233. The Morgan fingerprint density at radius 1 is 1.21 bits per heavy atom. The van der Waals surface area contributed by atoms with Crippen LogP contribution in [0.1, 0.15) is 12.8 Å². The van der Waals surface area contributed by atoms with Gasteiger partial charge in [-0.15, -0.1) is 0 Å². The van der Waals surface area contributed by atoms with E-state index in [4.69, 9.17) is 14.6 Å². The number of carboxylic acid groups (broad SMARTS) is 1. The molecule has 0 fully saturated rings. The van der Waals surface area contributed by atoms with Crippen LogP contribution in [0.25, 0.3) is 0 Å². The number of para-hydroxylation sites is 1. The summed E-state index contributed by atoms with van der Waals surface area (Å²) < 4.78 is 10.4. The first-order chi connectivity index (χ1) is 11.5. The minimum absolute atomic E-state index is 0.0193. The average molecular weight is 338 g/mol. The minimum atomic E-state index is -1.65. The maximum absolute atomic E-state index is 11.2. The van der Waals surface area contributed by atoms with Crippen LogP contribution in [-0.2, 0) is 19.1 Å². The first-order valence-corrected chi connectivity index (χ1v) is 7.56. The van der Waals surface area contributed by atoms with Crippen molar-refractivity contribution in [2.24, 2.45) is 0 Å². The zero-order valence-electron chi connectivity index (χ0n) is 13.5. The third-order valence-electron chi connectivity index (χ3n) is 3.04. The minimum Gasteiger partial charge on any atom is -0.490 e. The highest BCUT2D eigenvalue weighted by Gasteiger charge is 2.20. The van der Waals surface area contributed by atoms with Crippen LogP contribution in [0.5, 0.6) is 5.75 Å². The molecule has 0 aromatic heterocycles. The predicted octanol–water partition coefficient (Wildman–Crippen LogP) is 0.178. The van der Waals surface area contributed by atoms with Gasteiger partial charge in [0, 0.05) is 20.0 Å². The molecule has 8 heteroatoms. The molecule has 0 saturated heterocycles. The molecule has 0 aliphatic rings. The van der Waals surface area contributed by atoms with E-state index in [1.807, 2.05) is 6.07 Å². The topological polar surface area (TPSA) is 114 Å². The molecule has 0 saturated carbocycles. The van der Waals surface area contributed by atoms with Gasteiger partial charge in [-0.1, -0.05) is 18.2 Å². The molecule has 0 spiro atoms. The third-order valence-corrected chi connectivity index (χ3v) is 3.04. The molecule has 0 bridgehead atoms. The van der Waals surface area contributed by atoms with Crippen molar-refractivity contribution in [2.45, 2.75) is 18.9 Å². The zero-order valence-corrected chi connectivity index (χ0v) is 13.5. The number of aliphatic carboxylic acids is 1. The van der Waals surface area contributed by atoms with Crippen LogP contribution in [0.15, 0.2) is 30.3 Å². The molecule has 3 N–H and O–H groups in total. The first-order valence-electron chi connectivity index (χ1n) is 7.56. The molecule has 1 rings (SSSR count). The highest BCUT2D eigenvalue weighted by Crippen LogP contribution is 2.09. The number of carbonyl (C=O) groups excluding carboxylic acids is 2. The summed E-state index contributed by atoms with van der Waals surface area (Å²) >= 11 is 0. The van der Waals surface area contributed by atoms with Gasteiger partial charge in [0.05, 0.1) is 0 Å². The van der Waals surface area contributed by atoms with Gasteiger partial charge < -0.3 is 25.2 Å². The number of hydrogen-bond acceptors (Lipinski definition) is 6. The number of nitrogens with one attached hydrogen (secondary N) is 2. The monoisotopic (exact) mass is 338 g/mol. The lowest BCUT2D eigenvalue weighted by Gasteiger charge is -2.18. The summed E-state index contributed by atoms with van der Waals surface area (Å²) in [7, 11) is 1.57. The first kappa shape index (κ1) is 19.4. The average Bonchev–Trinajstić information content (AvgIpc) is 2.59. The number of carbonyl (C=O) groups is 3. The lowest BCUT2D eigenvalue weighted by atomic mass is 10.3. The third kappa shape index (κ3) is 8.14. The Labute approximate surface area is 140 Å². The van der Waals surface area contributed by atoms with Crippen LogP contribution in [0.4, 0.5) is 0 Å². The van der Waals surface area contributed by atoms with Gasteiger partial charge in [0.2, 0.25) is 5.91 Å². The van der Waals surface area contributed by atoms with Crippen molar-refractivity contribution in [1.82, 2.24) is 10.6 Å². The highest BCUT2D eigenvalue weighted by molar-refractivity contribution is 6.28. The largest absolute Gasteiger partial charge is 0.490 e. The maximum Gasteiger partial charge on any atom is 0.417 e. The highest BCUT2D eigenvalue weighted by atomic mass is 16.6. The van der Waals surface area contributed by atoms with Crippen molar-refractivity contribution in [3.63, 3.8) is 0 Å². The number of carboxylic acids is 1. The number of ether oxygens (including phenoxy) is 2. The normalized spacial score (nSPS) is 11.4. The summed E-state index contributed by atoms with van der Waals surface area (Å²) in [5.74, 6) is -2.45. The van der Waals surface area contributed by atoms with Crippen LogP contribution < -0.4 is 15.4 Å². The molecule has 0 radical (unpaired) electrons. The van der Waals surface area contributed by atoms with Crippen molar-refractivity contribution in [1.29, 1.82) is 0 Å². The van der Waals surface area contributed by atoms with Crippen molar-refractivity contribution >= 4 is 17.8 Å². The fraction of sp³-hybridized carbons (Fsp3) is 0.438. The quantitative estimate of drug-likeness (QED) is 0.317. The van der Waals surface area contributed by atoms with Crippen LogP contribution in [-0.4, -0.2) is 55.8 Å². The maximum atomic E-state index is 11.2. The van der Waals surface area contributed by atoms with Gasteiger partial charge in [0.1, 0.15) is 18.5 Å². The number of benzene rings is 1. The van der Waals surface area contributed by atoms with Gasteiger partial charge in [-0.25, -0.2) is 9.59 Å². The molecule has 1 unspecified atom stereocenters. The van der Waals surface area contributed by atoms with Crippen molar-refractivity contribution in [3.05, 3.63) is 30.3 Å². The van der Waals surface area contributed by atoms with E-state index < -0.39 is 18.0 Å². The standard InChI is InChI=1S/C16H22N2O6/c1-17-14(19)8-5-9-18-10-13(24-16(22)15(20)21)11-23-12-6-3-2-4-7-12/h2-4,6-7,13,18H,5,8-11H2,1H3,(H,17,19)(H,20,21). The lowest BCUT2D eigenvalue weighted by Crippen LogP contribution is -2.37. The van der Waals surface area contributed by atoms with Gasteiger partial charge in [-0.3, -0.25) is 4.79 Å². The molecular weight excluding hydrogens is 316 g/mol. The van der Waals surface area contributed by atoms with Gasteiger partial charge in [-0.2, -0.15) is 0 Å². The fourth-order valence-electron chi connectivity index (χ4n) is 1.80. The Balaban J connectivity index is 2.41. The molecule has 1 aromatic carbocycles. The van der Waals surface area contributed by atoms with Crippen molar-refractivity contribution in [3.8, 4) is 5.75 Å². The summed E-state index contributed by atoms with van der Waals surface area (Å²) in [6, 6.07) is 8.91. The van der Waals surface area contributed by atoms with Gasteiger partial charge in [0.15, 0.2) is 0 Å². The lowest BCUT2D eigenvalue weighted by molar-refractivity contribution is -0.168. The molecule has 0 aliphatic carbocycles. The van der Waals surface area contributed by atoms with E-state index in [-0.39, 0.29) is 19.1 Å². The summed E-state index contributed by atoms with van der Waals surface area (Å²) in [6.45, 7) is 0.769. The van der Waals surface area contributed by atoms with E-state index in [1.54, 1.807) is 31.3 Å². The van der Waals surface area contributed by atoms with E-state index in [0.29, 0.717) is 25.1 Å². The summed E-state index contributed by atoms with van der Waals surface area (Å²) in [5.41, 5.74) is 0. The summed E-state index contributed by atoms with van der Waals surface area (Å²) in [5, 5.41) is 14.2. The molecule has 0 heterocycles. The summed E-state index contributed by atoms with van der Waals surface area (Å²) in [4.78, 5) is 32.9. The Morgan fingerprint density at radius 3 is 2.54 bits per heavy atom. The second-order valence-electron chi connectivity index (χ2n) is 4.94. The number of amides is 1. The molecule has 24 heavy (non-hydrogen) atoms. The Morgan fingerprint density at radius 2 is 1.92 bits per heavy atom. The fourth-order valence-corrected chi connectivity index (χ4v) is 1.80. The molecule has 0 aliphatic heterocycles. The number of esters is 1. The van der Waals surface area contributed by atoms with Gasteiger partial charge >= 0.3 is 11.9 Å². The van der Waals surface area contributed by atoms with Crippen molar-refractivity contribution < 1.29 is 29.0 Å². The van der Waals surface area contributed by atoms with Crippen molar-refractivity contribution in [2.75, 3.05) is 26.7 Å². The van der Waals surface area contributed by atoms with Crippen LogP contribution in [0, 0.1) is 0 Å². The van der Waals surface area contributed by atoms with E-state index in [2.05, 4.69) is 10.6 Å². The molecular formula is C16H22N2O6. The van der Waals surface area contributed by atoms with Gasteiger partial charge in [-0.05, 0) is 25.1 Å². The number of rotatable bonds is 10. The Bertz CT molecular complexity index is 535. The van der Waals surface area contributed by atoms with Gasteiger partial charge in [0.25, 0.3) is 0 Å². The van der Waals surface area contributed by atoms with Crippen LogP contribution >= 0.6 is 0 Å². The second-order valence-corrected chi connectivity index (χ2v) is 4.94.